The summed E-state index contributed by atoms with van der Waals surface area (Å²) in [6.07, 6.45) is -4.99. The number of phenols is 2. The monoisotopic (exact) mass is 483 g/mol. The van der Waals surface area contributed by atoms with Crippen LogP contribution in [0.15, 0.2) is 39.5 Å². The van der Waals surface area contributed by atoms with Gasteiger partial charge in [0, 0.05) is 35.2 Å². The van der Waals surface area contributed by atoms with E-state index in [1.807, 2.05) is 11.9 Å². The van der Waals surface area contributed by atoms with Crippen molar-refractivity contribution in [3.8, 4) is 22.8 Å². The van der Waals surface area contributed by atoms with Gasteiger partial charge in [-0.1, -0.05) is 17.7 Å². The minimum atomic E-state index is -4.40. The van der Waals surface area contributed by atoms with E-state index in [1.165, 1.54) is 12.1 Å². The number of benzene rings is 2. The highest BCUT2D eigenvalue weighted by molar-refractivity contribution is 6.33. The van der Waals surface area contributed by atoms with Crippen molar-refractivity contribution < 1.29 is 32.9 Å². The number of fused-ring (bicyclic) bond motifs is 1. The molecule has 2 heterocycles. The van der Waals surface area contributed by atoms with Crippen LogP contribution in [0, 0.1) is 0 Å². The quantitative estimate of drug-likeness (QED) is 0.509. The van der Waals surface area contributed by atoms with Gasteiger partial charge in [0.25, 0.3) is 0 Å². The molecule has 1 aliphatic rings. The van der Waals surface area contributed by atoms with Gasteiger partial charge in [-0.2, -0.15) is 13.2 Å². The van der Waals surface area contributed by atoms with Crippen molar-refractivity contribution in [1.82, 2.24) is 4.90 Å². The van der Waals surface area contributed by atoms with Gasteiger partial charge >= 0.3 is 6.18 Å². The topological polar surface area (TPSA) is 94.1 Å². The summed E-state index contributed by atoms with van der Waals surface area (Å²) in [5.41, 5.74) is -0.237. The molecule has 10 heteroatoms. The molecule has 0 radical (unpaired) electrons. The smallest absolute Gasteiger partial charge is 0.393 e. The lowest BCUT2D eigenvalue weighted by molar-refractivity contribution is -0.127. The second-order valence-electron chi connectivity index (χ2n) is 8.24. The summed E-state index contributed by atoms with van der Waals surface area (Å²) >= 11 is 6.22. The summed E-state index contributed by atoms with van der Waals surface area (Å²) < 4.78 is 44.1. The molecular formula is C23H21ClF3NO5. The third-order valence-corrected chi connectivity index (χ3v) is 6.40. The molecule has 0 bridgehead atoms. The van der Waals surface area contributed by atoms with Crippen molar-refractivity contribution in [3.05, 3.63) is 56.7 Å². The zero-order valence-electron chi connectivity index (χ0n) is 17.5. The second kappa shape index (κ2) is 8.55. The van der Waals surface area contributed by atoms with Gasteiger partial charge in [0.15, 0.2) is 5.43 Å². The molecule has 0 amide bonds. The Labute approximate surface area is 191 Å². The van der Waals surface area contributed by atoms with Gasteiger partial charge in [-0.05, 0) is 37.7 Å². The zero-order chi connectivity index (χ0) is 24.1. The molecule has 1 aromatic heterocycles. The lowest BCUT2D eigenvalue weighted by Crippen LogP contribution is -2.32. The fourth-order valence-corrected chi connectivity index (χ4v) is 4.82. The van der Waals surface area contributed by atoms with Crippen molar-refractivity contribution in [2.75, 3.05) is 20.2 Å². The first-order valence-electron chi connectivity index (χ1n) is 10.2. The standard InChI is InChI=1S/C23H21ClF3NO5/c1-28-5-4-13(15(28)10-29)20-16(30)7-17(31)21-18(32)8-19(33-22(20)21)12-3-2-11(6-14(12)24)9-23(25,26)27/h2-3,6-8,13,15,29-31H,4-5,9-10H2,1H3. The fourth-order valence-electron chi connectivity index (χ4n) is 4.52. The number of aromatic hydroxyl groups is 2. The number of alkyl halides is 3. The summed E-state index contributed by atoms with van der Waals surface area (Å²) in [7, 11) is 1.82. The van der Waals surface area contributed by atoms with Crippen molar-refractivity contribution in [1.29, 1.82) is 0 Å². The number of hydrogen-bond donors (Lipinski definition) is 3. The van der Waals surface area contributed by atoms with E-state index in [4.69, 9.17) is 16.0 Å². The van der Waals surface area contributed by atoms with E-state index in [2.05, 4.69) is 0 Å². The van der Waals surface area contributed by atoms with Crippen LogP contribution in [0.2, 0.25) is 5.02 Å². The van der Waals surface area contributed by atoms with Crippen LogP contribution < -0.4 is 5.43 Å². The van der Waals surface area contributed by atoms with E-state index in [0.29, 0.717) is 13.0 Å². The van der Waals surface area contributed by atoms with E-state index in [1.54, 1.807) is 0 Å². The number of halogens is 4. The van der Waals surface area contributed by atoms with Crippen molar-refractivity contribution in [2.24, 2.45) is 0 Å². The molecule has 3 N–H and O–H groups in total. The Hall–Kier alpha value is -2.75. The minimum absolute atomic E-state index is 0.0193. The molecule has 1 fully saturated rings. The van der Waals surface area contributed by atoms with Crippen LogP contribution in [0.3, 0.4) is 0 Å². The summed E-state index contributed by atoms with van der Waals surface area (Å²) in [4.78, 5) is 14.8. The molecule has 176 valence electrons. The summed E-state index contributed by atoms with van der Waals surface area (Å²) in [5, 5.41) is 30.6. The van der Waals surface area contributed by atoms with Crippen LogP contribution in [-0.4, -0.2) is 52.6 Å². The summed E-state index contributed by atoms with van der Waals surface area (Å²) in [6.45, 7) is 0.438. The van der Waals surface area contributed by atoms with Crippen LogP contribution in [0.1, 0.15) is 23.5 Å². The molecule has 3 aromatic rings. The maximum atomic E-state index is 12.9. The van der Waals surface area contributed by atoms with Crippen LogP contribution in [0.25, 0.3) is 22.3 Å². The molecule has 4 rings (SSSR count). The van der Waals surface area contributed by atoms with Gasteiger partial charge in [-0.15, -0.1) is 0 Å². The number of likely N-dealkylation sites (tertiary alicyclic amines) is 1. The van der Waals surface area contributed by atoms with E-state index in [0.717, 1.165) is 18.2 Å². The van der Waals surface area contributed by atoms with Gasteiger partial charge in [-0.3, -0.25) is 4.79 Å². The Kier molecular flexibility index (Phi) is 6.07. The van der Waals surface area contributed by atoms with Crippen LogP contribution in [-0.2, 0) is 6.42 Å². The average Bonchev–Trinajstić information content (AvgIpc) is 3.06. The second-order valence-corrected chi connectivity index (χ2v) is 8.65. The van der Waals surface area contributed by atoms with E-state index >= 15 is 0 Å². The highest BCUT2D eigenvalue weighted by atomic mass is 35.5. The van der Waals surface area contributed by atoms with Gasteiger partial charge in [0.2, 0.25) is 0 Å². The van der Waals surface area contributed by atoms with E-state index in [-0.39, 0.29) is 62.8 Å². The summed E-state index contributed by atoms with van der Waals surface area (Å²) in [6, 6.07) is 5.55. The number of likely N-dealkylation sites (N-methyl/N-ethyl adjacent to an activating group) is 1. The molecule has 0 aliphatic carbocycles. The van der Waals surface area contributed by atoms with Gasteiger partial charge in [0.1, 0.15) is 28.2 Å². The molecule has 0 saturated carbocycles. The Morgan fingerprint density at radius 3 is 2.55 bits per heavy atom. The summed E-state index contributed by atoms with van der Waals surface area (Å²) in [5.74, 6) is -1.16. The van der Waals surface area contributed by atoms with Crippen molar-refractivity contribution >= 4 is 22.6 Å². The third-order valence-electron chi connectivity index (χ3n) is 6.08. The minimum Gasteiger partial charge on any atom is -0.507 e. The molecule has 6 nitrogen and oxygen atoms in total. The van der Waals surface area contributed by atoms with Crippen LogP contribution in [0.4, 0.5) is 13.2 Å². The number of nitrogens with zero attached hydrogens (tertiary/aromatic N) is 1. The van der Waals surface area contributed by atoms with Gasteiger partial charge < -0.3 is 24.6 Å². The highest BCUT2D eigenvalue weighted by Gasteiger charge is 2.36. The zero-order valence-corrected chi connectivity index (χ0v) is 18.2. The number of phenolic OH excluding ortho intramolecular Hbond substituents is 2. The Balaban J connectivity index is 1.90. The number of aliphatic hydroxyl groups excluding tert-OH is 1. The molecule has 2 aromatic carbocycles. The van der Waals surface area contributed by atoms with Crippen LogP contribution in [0.5, 0.6) is 11.5 Å². The Morgan fingerprint density at radius 2 is 1.91 bits per heavy atom. The fraction of sp³-hybridized carbons (Fsp3) is 0.348. The molecule has 1 aliphatic heterocycles. The number of rotatable bonds is 4. The van der Waals surface area contributed by atoms with E-state index in [9.17, 15) is 33.3 Å². The third kappa shape index (κ3) is 4.40. The molecule has 1 saturated heterocycles. The maximum Gasteiger partial charge on any atom is 0.393 e. The van der Waals surface area contributed by atoms with Gasteiger partial charge in [0.05, 0.1) is 18.1 Å². The number of hydrogen-bond acceptors (Lipinski definition) is 6. The SMILES string of the molecule is CN1CCC(c2c(O)cc(O)c3c(=O)cc(-c4ccc(CC(F)(F)F)cc4Cl)oc23)C1CO. The molecule has 2 atom stereocenters. The first-order chi connectivity index (χ1) is 15.5. The lowest BCUT2D eigenvalue weighted by atomic mass is 9.89. The molecule has 33 heavy (non-hydrogen) atoms. The lowest BCUT2D eigenvalue weighted by Gasteiger charge is -2.24. The molecule has 2 unspecified atom stereocenters. The number of aliphatic hydroxyl groups is 1. The first-order valence-corrected chi connectivity index (χ1v) is 10.6. The maximum absolute atomic E-state index is 12.9. The van der Waals surface area contributed by atoms with Crippen LogP contribution >= 0.6 is 11.6 Å². The first kappa shape index (κ1) is 23.4. The molecule has 0 spiro atoms. The Morgan fingerprint density at radius 1 is 1.18 bits per heavy atom. The average molecular weight is 484 g/mol. The van der Waals surface area contributed by atoms with Crippen molar-refractivity contribution in [3.63, 3.8) is 0 Å². The Bertz CT molecular complexity index is 1270. The largest absolute Gasteiger partial charge is 0.507 e. The predicted octanol–water partition coefficient (Wildman–Crippen LogP) is 4.41. The predicted molar refractivity (Wildman–Crippen MR) is 117 cm³/mol. The molecular weight excluding hydrogens is 463 g/mol. The highest BCUT2D eigenvalue weighted by Crippen LogP contribution is 2.44. The van der Waals surface area contributed by atoms with Gasteiger partial charge in [-0.25, -0.2) is 0 Å². The van der Waals surface area contributed by atoms with E-state index < -0.39 is 23.8 Å². The normalized spacial score (nSPS) is 19.5. The van der Waals surface area contributed by atoms with Crippen molar-refractivity contribution in [2.45, 2.75) is 31.0 Å².